The summed E-state index contributed by atoms with van der Waals surface area (Å²) in [4.78, 5) is 0. The predicted octanol–water partition coefficient (Wildman–Crippen LogP) is 4.27. The Morgan fingerprint density at radius 3 is 1.54 bits per heavy atom. The lowest BCUT2D eigenvalue weighted by molar-refractivity contribution is 0.252. The smallest absolute Gasteiger partial charge is 0.123 e. The zero-order valence-corrected chi connectivity index (χ0v) is 15.3. The highest BCUT2D eigenvalue weighted by Crippen LogP contribution is 2.39. The Kier molecular flexibility index (Phi) is 5.67. The molecule has 0 radical (unpaired) electrons. The average Bonchev–Trinajstić information content (AvgIpc) is 3.50. The molecule has 0 amide bonds. The second kappa shape index (κ2) is 7.75. The molecule has 2 heterocycles. The summed E-state index contributed by atoms with van der Waals surface area (Å²) in [6, 6.07) is 4.39. The van der Waals surface area contributed by atoms with Gasteiger partial charge in [0.1, 0.15) is 36.9 Å². The Labute approximate surface area is 145 Å². The van der Waals surface area contributed by atoms with Crippen LogP contribution in [0.2, 0.25) is 0 Å². The molecule has 24 heavy (non-hydrogen) atoms. The molecule has 0 saturated carbocycles. The van der Waals surface area contributed by atoms with Crippen LogP contribution in [0.1, 0.15) is 63.5 Å². The lowest BCUT2D eigenvalue weighted by atomic mass is 9.91. The van der Waals surface area contributed by atoms with Crippen LogP contribution in [0, 0.1) is 0 Å². The molecule has 4 atom stereocenters. The van der Waals surface area contributed by atoms with E-state index in [0.29, 0.717) is 25.0 Å². The van der Waals surface area contributed by atoms with Crippen molar-refractivity contribution in [2.24, 2.45) is 0 Å². The van der Waals surface area contributed by atoms with Crippen molar-refractivity contribution in [1.29, 1.82) is 0 Å². The zero-order valence-electron chi connectivity index (χ0n) is 15.3. The second-order valence-electron chi connectivity index (χ2n) is 7.08. The third-order valence-electron chi connectivity index (χ3n) is 5.08. The predicted molar refractivity (Wildman–Crippen MR) is 94.3 cm³/mol. The lowest BCUT2D eigenvalue weighted by Crippen LogP contribution is -2.11. The van der Waals surface area contributed by atoms with Gasteiger partial charge in [0.2, 0.25) is 0 Å². The van der Waals surface area contributed by atoms with E-state index in [1.54, 1.807) is 0 Å². The minimum Gasteiger partial charge on any atom is -0.490 e. The standard InChI is InChI=1S/C20H30O4/c1-5-13(3)17-7-20(24-12-16-10-22-16)18(14(4)6-2)8-19(17)23-11-15-9-21-15/h7-8,13-16H,5-6,9-12H2,1-4H3. The maximum Gasteiger partial charge on any atom is 0.123 e. The van der Waals surface area contributed by atoms with Crippen LogP contribution in [-0.4, -0.2) is 38.6 Å². The fourth-order valence-corrected chi connectivity index (χ4v) is 2.75. The van der Waals surface area contributed by atoms with Crippen molar-refractivity contribution >= 4 is 0 Å². The van der Waals surface area contributed by atoms with Crippen LogP contribution in [0.4, 0.5) is 0 Å². The molecule has 0 spiro atoms. The van der Waals surface area contributed by atoms with Crippen molar-refractivity contribution in [3.05, 3.63) is 23.3 Å². The van der Waals surface area contributed by atoms with Crippen LogP contribution in [0.3, 0.4) is 0 Å². The molecule has 1 aromatic rings. The van der Waals surface area contributed by atoms with Crippen molar-refractivity contribution < 1.29 is 18.9 Å². The van der Waals surface area contributed by atoms with E-state index < -0.39 is 0 Å². The number of hydrogen-bond donors (Lipinski definition) is 0. The van der Waals surface area contributed by atoms with Crippen LogP contribution in [0.5, 0.6) is 11.5 Å². The van der Waals surface area contributed by atoms with Gasteiger partial charge in [-0.3, -0.25) is 0 Å². The van der Waals surface area contributed by atoms with E-state index in [2.05, 4.69) is 39.8 Å². The first-order chi connectivity index (χ1) is 11.6. The SMILES string of the molecule is CCC(C)c1cc(OCC2CO2)c(C(C)CC)cc1OCC1CO1. The minimum absolute atomic E-state index is 0.268. The van der Waals surface area contributed by atoms with Gasteiger partial charge in [0.15, 0.2) is 0 Å². The molecule has 1 aromatic carbocycles. The van der Waals surface area contributed by atoms with Crippen LogP contribution in [-0.2, 0) is 9.47 Å². The van der Waals surface area contributed by atoms with Gasteiger partial charge in [0, 0.05) is 11.1 Å². The Morgan fingerprint density at radius 1 is 0.875 bits per heavy atom. The fraction of sp³-hybridized carbons (Fsp3) is 0.700. The van der Waals surface area contributed by atoms with E-state index in [1.807, 2.05) is 0 Å². The Balaban J connectivity index is 1.88. The molecule has 134 valence electrons. The molecule has 2 saturated heterocycles. The molecule has 4 heteroatoms. The largest absolute Gasteiger partial charge is 0.490 e. The number of benzene rings is 1. The summed E-state index contributed by atoms with van der Waals surface area (Å²) in [5.41, 5.74) is 2.47. The van der Waals surface area contributed by atoms with Gasteiger partial charge in [-0.2, -0.15) is 0 Å². The number of rotatable bonds is 10. The first kappa shape index (κ1) is 17.6. The van der Waals surface area contributed by atoms with Crippen molar-refractivity contribution in [3.63, 3.8) is 0 Å². The molecule has 2 fully saturated rings. The Morgan fingerprint density at radius 2 is 1.25 bits per heavy atom. The van der Waals surface area contributed by atoms with E-state index in [-0.39, 0.29) is 12.2 Å². The van der Waals surface area contributed by atoms with Crippen LogP contribution >= 0.6 is 0 Å². The van der Waals surface area contributed by atoms with Gasteiger partial charge in [0.05, 0.1) is 13.2 Å². The van der Waals surface area contributed by atoms with Gasteiger partial charge < -0.3 is 18.9 Å². The molecule has 2 aliphatic heterocycles. The molecular weight excluding hydrogens is 304 g/mol. The normalized spacial score (nSPS) is 24.3. The molecule has 0 N–H and O–H groups in total. The second-order valence-corrected chi connectivity index (χ2v) is 7.08. The third-order valence-corrected chi connectivity index (χ3v) is 5.08. The first-order valence-electron chi connectivity index (χ1n) is 9.28. The number of hydrogen-bond acceptors (Lipinski definition) is 4. The molecule has 0 aromatic heterocycles. The topological polar surface area (TPSA) is 43.5 Å². The summed E-state index contributed by atoms with van der Waals surface area (Å²) in [5.74, 6) is 2.85. The maximum absolute atomic E-state index is 6.11. The van der Waals surface area contributed by atoms with Crippen molar-refractivity contribution in [3.8, 4) is 11.5 Å². The number of ether oxygens (including phenoxy) is 4. The minimum atomic E-state index is 0.268. The molecule has 0 aliphatic carbocycles. The van der Waals surface area contributed by atoms with Crippen molar-refractivity contribution in [1.82, 2.24) is 0 Å². The molecule has 3 rings (SSSR count). The van der Waals surface area contributed by atoms with E-state index in [9.17, 15) is 0 Å². The fourth-order valence-electron chi connectivity index (χ4n) is 2.75. The summed E-state index contributed by atoms with van der Waals surface area (Å²) in [5, 5.41) is 0. The number of epoxide rings is 2. The zero-order chi connectivity index (χ0) is 17.1. The van der Waals surface area contributed by atoms with Gasteiger partial charge >= 0.3 is 0 Å². The molecule has 2 aliphatic rings. The van der Waals surface area contributed by atoms with E-state index in [4.69, 9.17) is 18.9 Å². The summed E-state index contributed by atoms with van der Waals surface area (Å²) < 4.78 is 22.8. The summed E-state index contributed by atoms with van der Waals surface area (Å²) in [6.45, 7) is 11.8. The Bertz CT molecular complexity index is 499. The van der Waals surface area contributed by atoms with Gasteiger partial charge in [0.25, 0.3) is 0 Å². The summed E-state index contributed by atoms with van der Waals surface area (Å²) in [7, 11) is 0. The van der Waals surface area contributed by atoms with Crippen molar-refractivity contribution in [2.75, 3.05) is 26.4 Å². The first-order valence-corrected chi connectivity index (χ1v) is 9.28. The molecule has 4 unspecified atom stereocenters. The summed E-state index contributed by atoms with van der Waals surface area (Å²) >= 11 is 0. The molecule has 4 nitrogen and oxygen atoms in total. The Hall–Kier alpha value is -1.26. The average molecular weight is 334 g/mol. The van der Waals surface area contributed by atoms with Gasteiger partial charge in [-0.25, -0.2) is 0 Å². The van der Waals surface area contributed by atoms with E-state index in [1.165, 1.54) is 11.1 Å². The third kappa shape index (κ3) is 4.42. The highest BCUT2D eigenvalue weighted by Gasteiger charge is 2.27. The van der Waals surface area contributed by atoms with Gasteiger partial charge in [-0.05, 0) is 36.8 Å². The maximum atomic E-state index is 6.11. The lowest BCUT2D eigenvalue weighted by Gasteiger charge is -2.22. The van der Waals surface area contributed by atoms with Gasteiger partial charge in [-0.15, -0.1) is 0 Å². The van der Waals surface area contributed by atoms with E-state index in [0.717, 1.165) is 37.6 Å². The van der Waals surface area contributed by atoms with Gasteiger partial charge in [-0.1, -0.05) is 27.7 Å². The van der Waals surface area contributed by atoms with Crippen molar-refractivity contribution in [2.45, 2.75) is 64.6 Å². The van der Waals surface area contributed by atoms with Crippen LogP contribution < -0.4 is 9.47 Å². The molecule has 0 bridgehead atoms. The van der Waals surface area contributed by atoms with Crippen LogP contribution in [0.25, 0.3) is 0 Å². The van der Waals surface area contributed by atoms with E-state index >= 15 is 0 Å². The molecular formula is C20H30O4. The monoisotopic (exact) mass is 334 g/mol. The quantitative estimate of drug-likeness (QED) is 0.599. The highest BCUT2D eigenvalue weighted by atomic mass is 16.6. The highest BCUT2D eigenvalue weighted by molar-refractivity contribution is 5.49. The summed E-state index contributed by atoms with van der Waals surface area (Å²) in [6.07, 6.45) is 2.68. The van der Waals surface area contributed by atoms with Crippen LogP contribution in [0.15, 0.2) is 12.1 Å².